The van der Waals surface area contributed by atoms with Crippen LogP contribution in [0.5, 0.6) is 0 Å². The molecule has 0 aliphatic rings. The van der Waals surface area contributed by atoms with E-state index in [1.807, 2.05) is 46.8 Å². The maximum atomic E-state index is 12.3. The van der Waals surface area contributed by atoms with Crippen LogP contribution in [0.3, 0.4) is 0 Å². The molecule has 0 atom stereocenters. The first-order valence-electron chi connectivity index (χ1n) is 7.07. The molecule has 0 saturated heterocycles. The van der Waals surface area contributed by atoms with Gasteiger partial charge in [-0.05, 0) is 44.2 Å². The van der Waals surface area contributed by atoms with E-state index in [2.05, 4.69) is 0 Å². The number of rotatable bonds is 5. The van der Waals surface area contributed by atoms with E-state index in [4.69, 9.17) is 9.84 Å². The summed E-state index contributed by atoms with van der Waals surface area (Å²) in [6.45, 7) is 9.35. The monoisotopic (exact) mass is 292 g/mol. The Hall–Kier alpha value is -1.84. The van der Waals surface area contributed by atoms with Crippen LogP contribution in [-0.2, 0) is 14.9 Å². The third-order valence-electron chi connectivity index (χ3n) is 3.24. The third-order valence-corrected chi connectivity index (χ3v) is 3.24. The highest BCUT2D eigenvalue weighted by atomic mass is 16.6. The van der Waals surface area contributed by atoms with Crippen molar-refractivity contribution in [3.8, 4) is 0 Å². The number of ether oxygens (including phenoxy) is 1. The molecule has 1 N–H and O–H groups in total. The molecule has 21 heavy (non-hydrogen) atoms. The van der Waals surface area contributed by atoms with E-state index in [1.165, 1.54) is 0 Å². The van der Waals surface area contributed by atoms with Crippen LogP contribution in [0, 0.1) is 0 Å². The van der Waals surface area contributed by atoms with Crippen molar-refractivity contribution in [2.75, 3.05) is 0 Å². The number of aliphatic carboxylic acids is 1. The first kappa shape index (κ1) is 17.2. The lowest BCUT2D eigenvalue weighted by molar-refractivity contribution is -0.137. The van der Waals surface area contributed by atoms with Crippen LogP contribution in [0.15, 0.2) is 24.3 Å². The third kappa shape index (κ3) is 5.21. The number of hydrogen-bond acceptors (Lipinski definition) is 3. The molecule has 0 spiro atoms. The molecule has 0 saturated carbocycles. The number of carbonyl (C=O) groups excluding carboxylic acids is 1. The molecule has 0 heterocycles. The Morgan fingerprint density at radius 1 is 1.10 bits per heavy atom. The highest BCUT2D eigenvalue weighted by molar-refractivity contribution is 5.91. The van der Waals surface area contributed by atoms with Crippen LogP contribution in [-0.4, -0.2) is 22.6 Å². The summed E-state index contributed by atoms with van der Waals surface area (Å²) < 4.78 is 5.43. The minimum Gasteiger partial charge on any atom is -0.481 e. The van der Waals surface area contributed by atoms with Gasteiger partial charge in [0, 0.05) is 6.42 Å². The van der Waals surface area contributed by atoms with Crippen molar-refractivity contribution in [3.05, 3.63) is 35.4 Å². The zero-order valence-corrected chi connectivity index (χ0v) is 13.4. The van der Waals surface area contributed by atoms with Crippen molar-refractivity contribution in [1.29, 1.82) is 0 Å². The van der Waals surface area contributed by atoms with E-state index in [0.29, 0.717) is 12.0 Å². The fraction of sp³-hybridized carbons (Fsp3) is 0.529. The van der Waals surface area contributed by atoms with Gasteiger partial charge in [0.05, 0.1) is 5.56 Å². The van der Waals surface area contributed by atoms with E-state index < -0.39 is 17.0 Å². The predicted octanol–water partition coefficient (Wildman–Crippen LogP) is 3.78. The van der Waals surface area contributed by atoms with E-state index >= 15 is 0 Å². The van der Waals surface area contributed by atoms with Crippen LogP contribution in [0.25, 0.3) is 0 Å². The van der Waals surface area contributed by atoms with Gasteiger partial charge in [0.25, 0.3) is 0 Å². The molecule has 116 valence electrons. The zero-order valence-electron chi connectivity index (χ0n) is 13.4. The van der Waals surface area contributed by atoms with Gasteiger partial charge in [-0.25, -0.2) is 4.79 Å². The van der Waals surface area contributed by atoms with Crippen LogP contribution in [0.2, 0.25) is 0 Å². The van der Waals surface area contributed by atoms with E-state index in [1.54, 1.807) is 12.1 Å². The summed E-state index contributed by atoms with van der Waals surface area (Å²) in [5, 5.41) is 8.86. The maximum absolute atomic E-state index is 12.3. The van der Waals surface area contributed by atoms with Crippen molar-refractivity contribution >= 4 is 11.9 Å². The van der Waals surface area contributed by atoms with Crippen molar-refractivity contribution in [2.24, 2.45) is 0 Å². The van der Waals surface area contributed by atoms with Gasteiger partial charge in [-0.2, -0.15) is 0 Å². The van der Waals surface area contributed by atoms with Gasteiger partial charge in [-0.1, -0.05) is 32.0 Å². The summed E-state index contributed by atoms with van der Waals surface area (Å²) in [5.74, 6) is -1.21. The summed E-state index contributed by atoms with van der Waals surface area (Å²) in [6.07, 6.45) is 0.526. The summed E-state index contributed by atoms with van der Waals surface area (Å²) in [5.41, 5.74) is 0.352. The maximum Gasteiger partial charge on any atom is 0.338 e. The Morgan fingerprint density at radius 3 is 2.19 bits per heavy atom. The minimum atomic E-state index is -0.835. The highest BCUT2D eigenvalue weighted by Crippen LogP contribution is 2.32. The average Bonchev–Trinajstić information content (AvgIpc) is 2.34. The Balaban J connectivity index is 3.08. The Labute approximate surface area is 126 Å². The Morgan fingerprint density at radius 2 is 1.67 bits per heavy atom. The second-order valence-corrected chi connectivity index (χ2v) is 6.83. The molecular weight excluding hydrogens is 268 g/mol. The van der Waals surface area contributed by atoms with Crippen LogP contribution < -0.4 is 0 Å². The quantitative estimate of drug-likeness (QED) is 0.839. The van der Waals surface area contributed by atoms with Crippen molar-refractivity contribution in [2.45, 2.75) is 58.5 Å². The van der Waals surface area contributed by atoms with Gasteiger partial charge in [-0.3, -0.25) is 4.79 Å². The molecule has 0 radical (unpaired) electrons. The predicted molar refractivity (Wildman–Crippen MR) is 81.5 cm³/mol. The normalized spacial score (nSPS) is 12.0. The molecule has 1 rings (SSSR count). The highest BCUT2D eigenvalue weighted by Gasteiger charge is 2.28. The molecule has 0 aromatic heterocycles. The standard InChI is InChI=1S/C17H24O4/c1-16(2,3)21-15(20)12-8-6-7-9-13(12)17(4,5)11-10-14(18)19/h6-9H,10-11H2,1-5H3,(H,18,19). The molecule has 4 nitrogen and oxygen atoms in total. The molecule has 0 unspecified atom stereocenters. The van der Waals surface area contributed by atoms with Gasteiger partial charge < -0.3 is 9.84 Å². The first-order valence-corrected chi connectivity index (χ1v) is 7.07. The average molecular weight is 292 g/mol. The van der Waals surface area contributed by atoms with Gasteiger partial charge in [0.15, 0.2) is 0 Å². The Bertz CT molecular complexity index is 524. The molecule has 1 aromatic rings. The second-order valence-electron chi connectivity index (χ2n) is 6.83. The zero-order chi connectivity index (χ0) is 16.3. The van der Waals surface area contributed by atoms with E-state index in [9.17, 15) is 9.59 Å². The SMILES string of the molecule is CC(C)(C)OC(=O)c1ccccc1C(C)(C)CCC(=O)O. The molecule has 0 aliphatic heterocycles. The Kier molecular flexibility index (Phi) is 5.15. The van der Waals surface area contributed by atoms with Crippen molar-refractivity contribution in [3.63, 3.8) is 0 Å². The van der Waals surface area contributed by atoms with Gasteiger partial charge in [0.2, 0.25) is 0 Å². The van der Waals surface area contributed by atoms with Crippen LogP contribution in [0.4, 0.5) is 0 Å². The number of carboxylic acids is 1. The first-order chi connectivity index (χ1) is 9.53. The molecule has 0 amide bonds. The van der Waals surface area contributed by atoms with Crippen LogP contribution in [0.1, 0.15) is 63.4 Å². The number of hydrogen-bond donors (Lipinski definition) is 1. The van der Waals surface area contributed by atoms with Gasteiger partial charge in [0.1, 0.15) is 5.60 Å². The summed E-state index contributed by atoms with van der Waals surface area (Å²) in [4.78, 5) is 23.1. The summed E-state index contributed by atoms with van der Waals surface area (Å²) in [6, 6.07) is 7.23. The van der Waals surface area contributed by atoms with Gasteiger partial charge in [-0.15, -0.1) is 0 Å². The minimum absolute atomic E-state index is 0.0651. The smallest absolute Gasteiger partial charge is 0.338 e. The van der Waals surface area contributed by atoms with E-state index in [-0.39, 0.29) is 12.4 Å². The fourth-order valence-electron chi connectivity index (χ4n) is 2.14. The van der Waals surface area contributed by atoms with Crippen molar-refractivity contribution < 1.29 is 19.4 Å². The summed E-state index contributed by atoms with van der Waals surface area (Å²) in [7, 11) is 0. The number of benzene rings is 1. The molecule has 4 heteroatoms. The lowest BCUT2D eigenvalue weighted by Crippen LogP contribution is -2.27. The van der Waals surface area contributed by atoms with E-state index in [0.717, 1.165) is 5.56 Å². The van der Waals surface area contributed by atoms with Gasteiger partial charge >= 0.3 is 11.9 Å². The number of carboxylic acid groups (broad SMARTS) is 1. The van der Waals surface area contributed by atoms with Crippen LogP contribution >= 0.6 is 0 Å². The lowest BCUT2D eigenvalue weighted by Gasteiger charge is -2.28. The fourth-order valence-corrected chi connectivity index (χ4v) is 2.14. The largest absolute Gasteiger partial charge is 0.481 e. The summed E-state index contributed by atoms with van der Waals surface area (Å²) >= 11 is 0. The number of esters is 1. The second kappa shape index (κ2) is 6.29. The lowest BCUT2D eigenvalue weighted by atomic mass is 9.78. The molecule has 0 aliphatic carbocycles. The molecule has 0 fully saturated rings. The van der Waals surface area contributed by atoms with Crippen molar-refractivity contribution in [1.82, 2.24) is 0 Å². The molecular formula is C17H24O4. The molecule has 0 bridgehead atoms. The molecule has 1 aromatic carbocycles. The topological polar surface area (TPSA) is 63.6 Å². The number of carbonyl (C=O) groups is 2.